The molecule has 4 heteroatoms. The molecule has 0 spiro atoms. The predicted molar refractivity (Wildman–Crippen MR) is 78.3 cm³/mol. The Hall–Kier alpha value is -1.97. The lowest BCUT2D eigenvalue weighted by molar-refractivity contribution is 0.497. The Balaban J connectivity index is 1.64. The van der Waals surface area contributed by atoms with Gasteiger partial charge in [-0.05, 0) is 37.1 Å². The number of aryl methyl sites for hydroxylation is 1. The van der Waals surface area contributed by atoms with Gasteiger partial charge in [0.05, 0.1) is 12.0 Å². The average Bonchev–Trinajstić information content (AvgIpc) is 2.87. The van der Waals surface area contributed by atoms with Crippen molar-refractivity contribution in [3.63, 3.8) is 0 Å². The van der Waals surface area contributed by atoms with Gasteiger partial charge in [-0.25, -0.2) is 4.98 Å². The number of nitrogens with two attached hydrogens (primary N) is 1. The topological polar surface area (TPSA) is 47.1 Å². The molecule has 4 nitrogen and oxygen atoms in total. The van der Waals surface area contributed by atoms with Crippen LogP contribution in [0.15, 0.2) is 36.8 Å². The minimum absolute atomic E-state index is 0.603. The van der Waals surface area contributed by atoms with Gasteiger partial charge in [0.25, 0.3) is 0 Å². The van der Waals surface area contributed by atoms with Gasteiger partial charge in [-0.15, -0.1) is 0 Å². The van der Waals surface area contributed by atoms with E-state index in [0.29, 0.717) is 5.92 Å². The number of hydrogen-bond acceptors (Lipinski definition) is 3. The molecule has 3 rings (SSSR count). The number of anilines is 2. The van der Waals surface area contributed by atoms with Crippen LogP contribution in [0.1, 0.15) is 24.5 Å². The quantitative estimate of drug-likeness (QED) is 0.839. The number of hydrogen-bond donors (Lipinski definition) is 1. The Morgan fingerprint density at radius 3 is 2.42 bits per heavy atom. The Bertz CT molecular complexity index is 536. The zero-order valence-electron chi connectivity index (χ0n) is 11.3. The van der Waals surface area contributed by atoms with E-state index in [1.165, 1.54) is 24.2 Å². The first-order valence-electron chi connectivity index (χ1n) is 6.81. The molecule has 1 aliphatic rings. The molecular formula is C15H20N4. The zero-order valence-corrected chi connectivity index (χ0v) is 11.3. The number of rotatable bonds is 2. The van der Waals surface area contributed by atoms with Crippen LogP contribution in [0.25, 0.3) is 0 Å². The molecule has 2 heterocycles. The van der Waals surface area contributed by atoms with Gasteiger partial charge < -0.3 is 15.2 Å². The predicted octanol–water partition coefficient (Wildman–Crippen LogP) is 2.39. The molecule has 1 aliphatic heterocycles. The molecule has 100 valence electrons. The number of nitrogen functional groups attached to an aromatic ring is 1. The summed E-state index contributed by atoms with van der Waals surface area (Å²) in [5.41, 5.74) is 9.06. The van der Waals surface area contributed by atoms with Crippen molar-refractivity contribution in [2.75, 3.05) is 23.7 Å². The third-order valence-electron chi connectivity index (χ3n) is 3.90. The number of benzene rings is 1. The molecule has 2 aromatic rings. The molecule has 1 aromatic carbocycles. The van der Waals surface area contributed by atoms with E-state index in [-0.39, 0.29) is 0 Å². The van der Waals surface area contributed by atoms with Crippen molar-refractivity contribution in [1.82, 2.24) is 9.55 Å². The van der Waals surface area contributed by atoms with Crippen molar-refractivity contribution < 1.29 is 0 Å². The molecule has 0 unspecified atom stereocenters. The molecule has 2 N–H and O–H groups in total. The Morgan fingerprint density at radius 2 is 1.84 bits per heavy atom. The van der Waals surface area contributed by atoms with Gasteiger partial charge in [0.1, 0.15) is 0 Å². The first-order chi connectivity index (χ1) is 9.22. The molecule has 19 heavy (non-hydrogen) atoms. The molecule has 0 atom stereocenters. The summed E-state index contributed by atoms with van der Waals surface area (Å²) in [5, 5.41) is 0. The number of aromatic nitrogens is 2. The van der Waals surface area contributed by atoms with Crippen molar-refractivity contribution in [2.45, 2.75) is 18.8 Å². The number of imidazole rings is 1. The van der Waals surface area contributed by atoms with Crippen molar-refractivity contribution in [3.8, 4) is 0 Å². The monoisotopic (exact) mass is 256 g/mol. The highest BCUT2D eigenvalue weighted by Crippen LogP contribution is 2.29. The van der Waals surface area contributed by atoms with Gasteiger partial charge in [-0.1, -0.05) is 0 Å². The number of piperidine rings is 1. The molecular weight excluding hydrogens is 236 g/mol. The maximum Gasteiger partial charge on any atom is 0.0946 e. The van der Waals surface area contributed by atoms with E-state index < -0.39 is 0 Å². The van der Waals surface area contributed by atoms with Gasteiger partial charge in [0, 0.05) is 43.6 Å². The maximum atomic E-state index is 5.73. The first-order valence-corrected chi connectivity index (χ1v) is 6.81. The highest BCUT2D eigenvalue weighted by atomic mass is 15.1. The van der Waals surface area contributed by atoms with Gasteiger partial charge in [0.15, 0.2) is 0 Å². The summed E-state index contributed by atoms with van der Waals surface area (Å²) in [6.07, 6.45) is 6.37. The van der Waals surface area contributed by atoms with Crippen LogP contribution in [0.2, 0.25) is 0 Å². The van der Waals surface area contributed by atoms with Crippen molar-refractivity contribution >= 4 is 11.4 Å². The molecule has 1 saturated heterocycles. The molecule has 1 fully saturated rings. The second-order valence-corrected chi connectivity index (χ2v) is 5.32. The second-order valence-electron chi connectivity index (χ2n) is 5.32. The lowest BCUT2D eigenvalue weighted by Crippen LogP contribution is -2.32. The highest BCUT2D eigenvalue weighted by Gasteiger charge is 2.22. The summed E-state index contributed by atoms with van der Waals surface area (Å²) in [7, 11) is 2.03. The van der Waals surface area contributed by atoms with Crippen LogP contribution in [-0.4, -0.2) is 22.6 Å². The van der Waals surface area contributed by atoms with Gasteiger partial charge >= 0.3 is 0 Å². The van der Waals surface area contributed by atoms with E-state index in [9.17, 15) is 0 Å². The fourth-order valence-electron chi connectivity index (χ4n) is 2.76. The standard InChI is InChI=1S/C15H20N4/c1-18-10-15(17-11-18)12-6-8-19(9-7-12)14-4-2-13(16)3-5-14/h2-5,10-12H,6-9,16H2,1H3. The molecule has 0 aliphatic carbocycles. The van der Waals surface area contributed by atoms with E-state index in [1.54, 1.807) is 0 Å². The summed E-state index contributed by atoms with van der Waals surface area (Å²) in [6, 6.07) is 8.16. The minimum atomic E-state index is 0.603. The van der Waals surface area contributed by atoms with E-state index in [2.05, 4.69) is 28.2 Å². The Morgan fingerprint density at radius 1 is 1.16 bits per heavy atom. The van der Waals surface area contributed by atoms with Gasteiger partial charge in [0.2, 0.25) is 0 Å². The summed E-state index contributed by atoms with van der Waals surface area (Å²) >= 11 is 0. The Kier molecular flexibility index (Phi) is 3.15. The van der Waals surface area contributed by atoms with Crippen LogP contribution in [-0.2, 0) is 7.05 Å². The molecule has 0 bridgehead atoms. The zero-order chi connectivity index (χ0) is 13.2. The maximum absolute atomic E-state index is 5.73. The average molecular weight is 256 g/mol. The minimum Gasteiger partial charge on any atom is -0.399 e. The smallest absolute Gasteiger partial charge is 0.0946 e. The van der Waals surface area contributed by atoms with E-state index in [1.807, 2.05) is 30.1 Å². The Labute approximate surface area is 113 Å². The molecule has 0 saturated carbocycles. The van der Waals surface area contributed by atoms with Crippen LogP contribution in [0.3, 0.4) is 0 Å². The van der Waals surface area contributed by atoms with Gasteiger partial charge in [-0.2, -0.15) is 0 Å². The van der Waals surface area contributed by atoms with E-state index in [0.717, 1.165) is 18.8 Å². The normalized spacial score (nSPS) is 16.8. The van der Waals surface area contributed by atoms with Crippen LogP contribution < -0.4 is 10.6 Å². The van der Waals surface area contributed by atoms with E-state index >= 15 is 0 Å². The first kappa shape index (κ1) is 12.1. The summed E-state index contributed by atoms with van der Waals surface area (Å²) in [5.74, 6) is 0.603. The van der Waals surface area contributed by atoms with Crippen LogP contribution in [0.4, 0.5) is 11.4 Å². The molecule has 0 radical (unpaired) electrons. The third kappa shape index (κ3) is 2.57. The SMILES string of the molecule is Cn1cnc(C2CCN(c3ccc(N)cc3)CC2)c1. The fraction of sp³-hybridized carbons (Fsp3) is 0.400. The lowest BCUT2D eigenvalue weighted by Gasteiger charge is -2.33. The van der Waals surface area contributed by atoms with Crippen LogP contribution in [0.5, 0.6) is 0 Å². The summed E-state index contributed by atoms with van der Waals surface area (Å²) in [4.78, 5) is 6.91. The van der Waals surface area contributed by atoms with Crippen molar-refractivity contribution in [3.05, 3.63) is 42.5 Å². The highest BCUT2D eigenvalue weighted by molar-refractivity contribution is 5.53. The van der Waals surface area contributed by atoms with E-state index in [4.69, 9.17) is 5.73 Å². The molecule has 0 amide bonds. The van der Waals surface area contributed by atoms with Crippen LogP contribution in [0, 0.1) is 0 Å². The third-order valence-corrected chi connectivity index (χ3v) is 3.90. The lowest BCUT2D eigenvalue weighted by atomic mass is 9.94. The summed E-state index contributed by atoms with van der Waals surface area (Å²) in [6.45, 7) is 2.18. The van der Waals surface area contributed by atoms with Crippen molar-refractivity contribution in [1.29, 1.82) is 0 Å². The van der Waals surface area contributed by atoms with Crippen molar-refractivity contribution in [2.24, 2.45) is 7.05 Å². The summed E-state index contributed by atoms with van der Waals surface area (Å²) < 4.78 is 2.03. The second kappa shape index (κ2) is 4.96. The van der Waals surface area contributed by atoms with Gasteiger partial charge in [-0.3, -0.25) is 0 Å². The largest absolute Gasteiger partial charge is 0.399 e. The van der Waals surface area contributed by atoms with Crippen LogP contribution >= 0.6 is 0 Å². The molecule has 1 aromatic heterocycles. The fourth-order valence-corrected chi connectivity index (χ4v) is 2.76. The number of nitrogens with zero attached hydrogens (tertiary/aromatic N) is 3.